The van der Waals surface area contributed by atoms with E-state index < -0.39 is 17.4 Å². The summed E-state index contributed by atoms with van der Waals surface area (Å²) in [5.41, 5.74) is 3.92. The van der Waals surface area contributed by atoms with Gasteiger partial charge in [-0.15, -0.1) is 0 Å². The van der Waals surface area contributed by atoms with Gasteiger partial charge in [-0.3, -0.25) is 9.20 Å². The van der Waals surface area contributed by atoms with E-state index in [0.29, 0.717) is 4.40 Å². The van der Waals surface area contributed by atoms with Gasteiger partial charge in [0.15, 0.2) is 0 Å². The van der Waals surface area contributed by atoms with Gasteiger partial charge in [-0.1, -0.05) is 6.07 Å². The Balaban J connectivity index is 2.98. The number of hydrogen-bond acceptors (Lipinski definition) is 2. The van der Waals surface area contributed by atoms with E-state index >= 15 is 0 Å². The SMILES string of the molecule is Nc1ccc(=O)n2c(C(F)(F)F)cccc12. The molecule has 0 unspecified atom stereocenters. The summed E-state index contributed by atoms with van der Waals surface area (Å²) >= 11 is 0. The van der Waals surface area contributed by atoms with Gasteiger partial charge in [0.25, 0.3) is 5.56 Å². The fraction of sp³-hybridized carbons (Fsp3) is 0.100. The van der Waals surface area contributed by atoms with Crippen molar-refractivity contribution in [2.24, 2.45) is 0 Å². The van der Waals surface area contributed by atoms with E-state index in [2.05, 4.69) is 0 Å². The van der Waals surface area contributed by atoms with E-state index in [-0.39, 0.29) is 11.2 Å². The Bertz CT molecular complexity index is 601. The minimum absolute atomic E-state index is 0.0577. The van der Waals surface area contributed by atoms with Crippen LogP contribution >= 0.6 is 0 Å². The summed E-state index contributed by atoms with van der Waals surface area (Å²) in [5, 5.41) is 0. The highest BCUT2D eigenvalue weighted by molar-refractivity contribution is 5.69. The first-order chi connectivity index (χ1) is 7.41. The molecule has 0 radical (unpaired) electrons. The van der Waals surface area contributed by atoms with Crippen molar-refractivity contribution in [3.63, 3.8) is 0 Å². The summed E-state index contributed by atoms with van der Waals surface area (Å²) in [6.45, 7) is 0. The Labute approximate surface area is 87.9 Å². The number of halogens is 3. The van der Waals surface area contributed by atoms with Crippen molar-refractivity contribution >= 4 is 11.2 Å². The Morgan fingerprint density at radius 2 is 1.81 bits per heavy atom. The Morgan fingerprint density at radius 1 is 1.12 bits per heavy atom. The predicted molar refractivity (Wildman–Crippen MR) is 53.1 cm³/mol. The fourth-order valence-corrected chi connectivity index (χ4v) is 1.51. The second kappa shape index (κ2) is 3.26. The van der Waals surface area contributed by atoms with Gasteiger partial charge in [-0.05, 0) is 18.2 Å². The lowest BCUT2D eigenvalue weighted by Gasteiger charge is -2.12. The number of rotatable bonds is 0. The molecule has 3 nitrogen and oxygen atoms in total. The Morgan fingerprint density at radius 3 is 2.44 bits per heavy atom. The van der Waals surface area contributed by atoms with Crippen LogP contribution < -0.4 is 11.3 Å². The second-order valence-electron chi connectivity index (χ2n) is 3.26. The Hall–Kier alpha value is -1.98. The molecule has 0 bridgehead atoms. The molecule has 0 saturated heterocycles. The highest BCUT2D eigenvalue weighted by Crippen LogP contribution is 2.29. The molecule has 0 aliphatic carbocycles. The third-order valence-corrected chi connectivity index (χ3v) is 2.20. The molecule has 0 aromatic carbocycles. The zero-order chi connectivity index (χ0) is 11.9. The number of nitrogens with two attached hydrogens (primary N) is 1. The fourth-order valence-electron chi connectivity index (χ4n) is 1.51. The molecular formula is C10H7F3N2O. The molecule has 6 heteroatoms. The van der Waals surface area contributed by atoms with Crippen LogP contribution in [0.15, 0.2) is 35.1 Å². The zero-order valence-corrected chi connectivity index (χ0v) is 7.95. The van der Waals surface area contributed by atoms with Gasteiger partial charge in [-0.25, -0.2) is 0 Å². The summed E-state index contributed by atoms with van der Waals surface area (Å²) < 4.78 is 38.5. The highest BCUT2D eigenvalue weighted by atomic mass is 19.4. The largest absolute Gasteiger partial charge is 0.431 e. The van der Waals surface area contributed by atoms with E-state index in [1.165, 1.54) is 18.2 Å². The third kappa shape index (κ3) is 1.52. The number of hydrogen-bond donors (Lipinski definition) is 1. The van der Waals surface area contributed by atoms with E-state index in [1.807, 2.05) is 0 Å². The Kier molecular flexibility index (Phi) is 2.15. The zero-order valence-electron chi connectivity index (χ0n) is 7.95. The van der Waals surface area contributed by atoms with Crippen LogP contribution in [0.4, 0.5) is 18.9 Å². The monoisotopic (exact) mass is 228 g/mol. The molecule has 0 amide bonds. The van der Waals surface area contributed by atoms with E-state index in [4.69, 9.17) is 5.73 Å². The number of anilines is 1. The van der Waals surface area contributed by atoms with Gasteiger partial charge in [0.2, 0.25) is 0 Å². The first kappa shape index (κ1) is 10.5. The lowest BCUT2D eigenvalue weighted by molar-refractivity contribution is -0.142. The topological polar surface area (TPSA) is 47.5 Å². The van der Waals surface area contributed by atoms with Crippen LogP contribution in [0.3, 0.4) is 0 Å². The van der Waals surface area contributed by atoms with Crippen molar-refractivity contribution < 1.29 is 13.2 Å². The molecule has 0 spiro atoms. The van der Waals surface area contributed by atoms with Crippen LogP contribution in [0, 0.1) is 0 Å². The van der Waals surface area contributed by atoms with E-state index in [9.17, 15) is 18.0 Å². The summed E-state index contributed by atoms with van der Waals surface area (Å²) in [7, 11) is 0. The molecule has 0 aliphatic rings. The normalized spacial score (nSPS) is 11.9. The second-order valence-corrected chi connectivity index (χ2v) is 3.26. The predicted octanol–water partition coefficient (Wildman–Crippen LogP) is 1.90. The molecule has 2 aromatic rings. The molecular weight excluding hydrogens is 221 g/mol. The van der Waals surface area contributed by atoms with Crippen molar-refractivity contribution in [1.29, 1.82) is 0 Å². The van der Waals surface area contributed by atoms with Crippen LogP contribution in [0.2, 0.25) is 0 Å². The standard InChI is InChI=1S/C10H7F3N2O/c11-10(12,13)8-3-1-2-7-6(14)4-5-9(16)15(7)8/h1-5H,14H2. The van der Waals surface area contributed by atoms with Crippen LogP contribution in [0.1, 0.15) is 5.69 Å². The van der Waals surface area contributed by atoms with Gasteiger partial charge < -0.3 is 5.73 Å². The molecule has 0 atom stereocenters. The summed E-state index contributed by atoms with van der Waals surface area (Å²) in [6.07, 6.45) is -4.59. The van der Waals surface area contributed by atoms with E-state index in [0.717, 1.165) is 12.1 Å². The van der Waals surface area contributed by atoms with E-state index in [1.54, 1.807) is 0 Å². The minimum atomic E-state index is -4.59. The molecule has 2 aromatic heterocycles. The quantitative estimate of drug-likeness (QED) is 0.748. The van der Waals surface area contributed by atoms with Crippen molar-refractivity contribution in [3.8, 4) is 0 Å². The van der Waals surface area contributed by atoms with Crippen molar-refractivity contribution in [3.05, 3.63) is 46.4 Å². The first-order valence-electron chi connectivity index (χ1n) is 4.39. The maximum absolute atomic E-state index is 12.6. The first-order valence-corrected chi connectivity index (χ1v) is 4.39. The molecule has 0 fully saturated rings. The third-order valence-electron chi connectivity index (χ3n) is 2.20. The summed E-state index contributed by atoms with van der Waals surface area (Å²) in [6, 6.07) is 5.73. The van der Waals surface area contributed by atoms with Crippen LogP contribution in [0.25, 0.3) is 5.52 Å². The molecule has 2 rings (SSSR count). The number of alkyl halides is 3. The number of nitrogens with zero attached hydrogens (tertiary/aromatic N) is 1. The van der Waals surface area contributed by atoms with Gasteiger partial charge in [-0.2, -0.15) is 13.2 Å². The van der Waals surface area contributed by atoms with Crippen molar-refractivity contribution in [2.75, 3.05) is 5.73 Å². The molecule has 0 saturated carbocycles. The van der Waals surface area contributed by atoms with Crippen LogP contribution in [-0.4, -0.2) is 4.40 Å². The van der Waals surface area contributed by atoms with Gasteiger partial charge in [0.05, 0.1) is 11.2 Å². The molecule has 2 heterocycles. The van der Waals surface area contributed by atoms with Gasteiger partial charge in [0, 0.05) is 6.07 Å². The molecule has 16 heavy (non-hydrogen) atoms. The number of fused-ring (bicyclic) bond motifs is 1. The molecule has 0 aliphatic heterocycles. The molecule has 84 valence electrons. The average Bonchev–Trinajstić information content (AvgIpc) is 2.22. The summed E-state index contributed by atoms with van der Waals surface area (Å²) in [5.74, 6) is 0. The summed E-state index contributed by atoms with van der Waals surface area (Å²) in [4.78, 5) is 11.4. The maximum Gasteiger partial charge on any atom is 0.431 e. The number of nitrogen functional groups attached to an aromatic ring is 1. The average molecular weight is 228 g/mol. The number of aromatic nitrogens is 1. The van der Waals surface area contributed by atoms with Crippen LogP contribution in [-0.2, 0) is 6.18 Å². The van der Waals surface area contributed by atoms with Crippen LogP contribution in [0.5, 0.6) is 0 Å². The van der Waals surface area contributed by atoms with Gasteiger partial charge in [0.1, 0.15) is 5.69 Å². The minimum Gasteiger partial charge on any atom is -0.397 e. The van der Waals surface area contributed by atoms with Crippen molar-refractivity contribution in [1.82, 2.24) is 4.40 Å². The smallest absolute Gasteiger partial charge is 0.397 e. The highest BCUT2D eigenvalue weighted by Gasteiger charge is 2.33. The van der Waals surface area contributed by atoms with Gasteiger partial charge >= 0.3 is 6.18 Å². The maximum atomic E-state index is 12.6. The number of pyridine rings is 2. The van der Waals surface area contributed by atoms with Crippen molar-refractivity contribution in [2.45, 2.75) is 6.18 Å². The molecule has 2 N–H and O–H groups in total. The lowest BCUT2D eigenvalue weighted by Crippen LogP contribution is -2.22. The lowest BCUT2D eigenvalue weighted by atomic mass is 10.2.